The maximum Gasteiger partial charge on any atom is 0.235 e. The Morgan fingerprint density at radius 1 is 1.82 bits per heavy atom. The Labute approximate surface area is 66.6 Å². The van der Waals surface area contributed by atoms with Crippen LogP contribution in [0.25, 0.3) is 0 Å². The van der Waals surface area contributed by atoms with Crippen molar-refractivity contribution in [3.8, 4) is 0 Å². The van der Waals surface area contributed by atoms with Gasteiger partial charge in [-0.3, -0.25) is 0 Å². The molecule has 0 radical (unpaired) electrons. The van der Waals surface area contributed by atoms with Gasteiger partial charge in [0.25, 0.3) is 0 Å². The van der Waals surface area contributed by atoms with Gasteiger partial charge in [-0.15, -0.1) is 0 Å². The first-order chi connectivity index (χ1) is 5.27. The van der Waals surface area contributed by atoms with Crippen molar-refractivity contribution < 1.29 is 4.68 Å². The van der Waals surface area contributed by atoms with Gasteiger partial charge in [-0.2, -0.15) is 4.68 Å². The standard InChI is InChI=1S/C7H14N4/c1-4-6(8-2)7-5-11(3)10-9-7/h5-6,8H,4H2,1-3H3/p+1. The van der Waals surface area contributed by atoms with E-state index in [4.69, 9.17) is 0 Å². The van der Waals surface area contributed by atoms with Crippen LogP contribution in [0.3, 0.4) is 0 Å². The largest absolute Gasteiger partial charge is 0.310 e. The highest BCUT2D eigenvalue weighted by molar-refractivity contribution is 4.95. The zero-order chi connectivity index (χ0) is 8.27. The topological polar surface area (TPSA) is 44.6 Å². The predicted octanol–water partition coefficient (Wildman–Crippen LogP) is -0.0953. The lowest BCUT2D eigenvalue weighted by atomic mass is 10.2. The first-order valence-electron chi connectivity index (χ1n) is 3.86. The van der Waals surface area contributed by atoms with Crippen molar-refractivity contribution in [3.05, 3.63) is 11.9 Å². The van der Waals surface area contributed by atoms with Crippen LogP contribution < -0.4 is 10.00 Å². The van der Waals surface area contributed by atoms with Crippen LogP contribution in [0.2, 0.25) is 0 Å². The van der Waals surface area contributed by atoms with Crippen LogP contribution in [-0.4, -0.2) is 17.4 Å². The number of hydrogen-bond donors (Lipinski definition) is 2. The zero-order valence-corrected chi connectivity index (χ0v) is 7.26. The van der Waals surface area contributed by atoms with Gasteiger partial charge >= 0.3 is 0 Å². The fraction of sp³-hybridized carbons (Fsp3) is 0.714. The summed E-state index contributed by atoms with van der Waals surface area (Å²) in [5.41, 5.74) is 1.07. The number of aryl methyl sites for hydroxylation is 1. The van der Waals surface area contributed by atoms with Crippen molar-refractivity contribution in [2.75, 3.05) is 7.05 Å². The van der Waals surface area contributed by atoms with Crippen LogP contribution in [0.15, 0.2) is 6.20 Å². The zero-order valence-electron chi connectivity index (χ0n) is 7.26. The second kappa shape index (κ2) is 3.48. The molecule has 1 heterocycles. The van der Waals surface area contributed by atoms with Crippen molar-refractivity contribution in [1.29, 1.82) is 0 Å². The van der Waals surface area contributed by atoms with Crippen molar-refractivity contribution in [2.24, 2.45) is 7.05 Å². The van der Waals surface area contributed by atoms with Crippen LogP contribution in [0.5, 0.6) is 0 Å². The van der Waals surface area contributed by atoms with Gasteiger partial charge in [-0.25, -0.2) is 0 Å². The summed E-state index contributed by atoms with van der Waals surface area (Å²) in [5.74, 6) is 0. The Bertz CT molecular complexity index is 214. The minimum Gasteiger partial charge on any atom is -0.310 e. The first-order valence-corrected chi connectivity index (χ1v) is 3.86. The third kappa shape index (κ3) is 1.77. The third-order valence-electron chi connectivity index (χ3n) is 1.78. The molecule has 0 saturated carbocycles. The molecule has 1 rings (SSSR count). The molecule has 11 heavy (non-hydrogen) atoms. The monoisotopic (exact) mass is 155 g/mol. The van der Waals surface area contributed by atoms with Crippen LogP contribution in [0.1, 0.15) is 25.1 Å². The Kier molecular flexibility index (Phi) is 2.59. The van der Waals surface area contributed by atoms with E-state index < -0.39 is 0 Å². The molecule has 0 saturated heterocycles. The number of hydrogen-bond acceptors (Lipinski definition) is 2. The summed E-state index contributed by atoms with van der Waals surface area (Å²) in [4.78, 5) is 0. The average Bonchev–Trinajstić information content (AvgIpc) is 2.39. The Balaban J connectivity index is 2.73. The maximum absolute atomic E-state index is 4.13. The predicted molar refractivity (Wildman–Crippen MR) is 41.9 cm³/mol. The van der Waals surface area contributed by atoms with Crippen LogP contribution in [-0.2, 0) is 7.05 Å². The van der Waals surface area contributed by atoms with E-state index in [1.807, 2.05) is 25.0 Å². The van der Waals surface area contributed by atoms with E-state index in [0.29, 0.717) is 6.04 Å². The smallest absolute Gasteiger partial charge is 0.235 e. The molecular weight excluding hydrogens is 140 g/mol. The normalized spacial score (nSPS) is 13.4. The van der Waals surface area contributed by atoms with E-state index in [1.54, 1.807) is 0 Å². The van der Waals surface area contributed by atoms with E-state index >= 15 is 0 Å². The van der Waals surface area contributed by atoms with Crippen molar-refractivity contribution in [1.82, 2.24) is 15.6 Å². The Morgan fingerprint density at radius 2 is 2.55 bits per heavy atom. The molecule has 0 aliphatic heterocycles. The molecule has 1 aromatic rings. The summed E-state index contributed by atoms with van der Waals surface area (Å²) in [6.45, 7) is 2.13. The molecule has 4 nitrogen and oxygen atoms in total. The van der Waals surface area contributed by atoms with Gasteiger partial charge in [-0.1, -0.05) is 12.1 Å². The molecule has 0 fully saturated rings. The summed E-state index contributed by atoms with van der Waals surface area (Å²) in [6.07, 6.45) is 3.05. The maximum atomic E-state index is 4.13. The number of rotatable bonds is 3. The third-order valence-corrected chi connectivity index (χ3v) is 1.78. The van der Waals surface area contributed by atoms with E-state index in [1.165, 1.54) is 0 Å². The lowest BCUT2D eigenvalue weighted by molar-refractivity contribution is -0.730. The molecular formula is C7H15N4+. The van der Waals surface area contributed by atoms with Crippen molar-refractivity contribution in [2.45, 2.75) is 19.4 Å². The minimum atomic E-state index is 0.368. The lowest BCUT2D eigenvalue weighted by Crippen LogP contribution is -2.28. The molecule has 0 aromatic carbocycles. The molecule has 1 atom stereocenters. The van der Waals surface area contributed by atoms with Gasteiger partial charge in [-0.05, 0) is 13.5 Å². The van der Waals surface area contributed by atoms with Crippen LogP contribution >= 0.6 is 0 Å². The van der Waals surface area contributed by atoms with Gasteiger partial charge in [0.15, 0.2) is 6.20 Å². The van der Waals surface area contributed by atoms with Gasteiger partial charge in [0.1, 0.15) is 7.05 Å². The van der Waals surface area contributed by atoms with Gasteiger partial charge < -0.3 is 5.32 Å². The molecule has 62 valence electrons. The Hall–Kier alpha value is -0.900. The first kappa shape index (κ1) is 8.20. The summed E-state index contributed by atoms with van der Waals surface area (Å²) in [6, 6.07) is 0.368. The number of nitrogens with one attached hydrogen (secondary N) is 2. The highest BCUT2D eigenvalue weighted by Gasteiger charge is 2.15. The highest BCUT2D eigenvalue weighted by Crippen LogP contribution is 2.09. The number of aromatic nitrogens is 3. The van der Waals surface area contributed by atoms with Crippen molar-refractivity contribution in [3.63, 3.8) is 0 Å². The number of H-pyrrole nitrogens is 1. The minimum absolute atomic E-state index is 0.368. The SMILES string of the molecule is CCC(NC)c1c[n+](C)[nH]n1. The molecule has 0 aliphatic carbocycles. The highest BCUT2D eigenvalue weighted by atomic mass is 15.4. The average molecular weight is 155 g/mol. The summed E-state index contributed by atoms with van der Waals surface area (Å²) < 4.78 is 1.84. The molecule has 0 aliphatic rings. The van der Waals surface area contributed by atoms with E-state index in [0.717, 1.165) is 12.1 Å². The van der Waals surface area contributed by atoms with Crippen molar-refractivity contribution >= 4 is 0 Å². The van der Waals surface area contributed by atoms with Gasteiger partial charge in [0.05, 0.1) is 6.04 Å². The quantitative estimate of drug-likeness (QED) is 0.599. The molecule has 1 aromatic heterocycles. The lowest BCUT2D eigenvalue weighted by Gasteiger charge is -2.04. The fourth-order valence-corrected chi connectivity index (χ4v) is 1.12. The fourth-order valence-electron chi connectivity index (χ4n) is 1.12. The second-order valence-corrected chi connectivity index (χ2v) is 2.63. The molecule has 0 bridgehead atoms. The van der Waals surface area contributed by atoms with Gasteiger partial charge in [0, 0.05) is 5.10 Å². The molecule has 2 N–H and O–H groups in total. The van der Waals surface area contributed by atoms with E-state index in [-0.39, 0.29) is 0 Å². The summed E-state index contributed by atoms with van der Waals surface area (Å²) in [7, 11) is 3.88. The number of nitrogens with zero attached hydrogens (tertiary/aromatic N) is 2. The van der Waals surface area contributed by atoms with Crippen LogP contribution in [0, 0.1) is 0 Å². The summed E-state index contributed by atoms with van der Waals surface area (Å²) in [5, 5.41) is 10.2. The Morgan fingerprint density at radius 3 is 2.91 bits per heavy atom. The molecule has 0 amide bonds. The summed E-state index contributed by atoms with van der Waals surface area (Å²) >= 11 is 0. The number of aromatic amines is 1. The second-order valence-electron chi connectivity index (χ2n) is 2.63. The molecule has 4 heteroatoms. The molecule has 0 spiro atoms. The van der Waals surface area contributed by atoms with E-state index in [9.17, 15) is 0 Å². The van der Waals surface area contributed by atoms with Crippen LogP contribution in [0.4, 0.5) is 0 Å². The van der Waals surface area contributed by atoms with Gasteiger partial charge in [0.2, 0.25) is 5.69 Å². The van der Waals surface area contributed by atoms with E-state index in [2.05, 4.69) is 22.6 Å². The molecule has 1 unspecified atom stereocenters.